The quantitative estimate of drug-likeness (QED) is 0.901. The van der Waals surface area contributed by atoms with Crippen molar-refractivity contribution in [3.05, 3.63) is 46.4 Å². The van der Waals surface area contributed by atoms with Gasteiger partial charge < -0.3 is 5.11 Å². The van der Waals surface area contributed by atoms with Crippen molar-refractivity contribution in [2.24, 2.45) is 0 Å². The lowest BCUT2D eigenvalue weighted by atomic mass is 9.98. The summed E-state index contributed by atoms with van der Waals surface area (Å²) in [4.78, 5) is 10.8. The highest BCUT2D eigenvalue weighted by Gasteiger charge is 2.15. The Morgan fingerprint density at radius 3 is 2.71 bits per heavy atom. The second-order valence-electron chi connectivity index (χ2n) is 3.81. The molecule has 1 atom stereocenters. The Morgan fingerprint density at radius 2 is 2.18 bits per heavy atom. The van der Waals surface area contributed by atoms with Gasteiger partial charge in [0.15, 0.2) is 0 Å². The lowest BCUT2D eigenvalue weighted by Gasteiger charge is -2.08. The van der Waals surface area contributed by atoms with Gasteiger partial charge in [-0.15, -0.1) is 0 Å². The average molecular weight is 250 g/mol. The summed E-state index contributed by atoms with van der Waals surface area (Å²) < 4.78 is 13.8. The molecule has 1 N–H and O–H groups in total. The molecule has 0 aliphatic heterocycles. The first-order valence-electron chi connectivity index (χ1n) is 5.14. The number of benzene rings is 1. The second kappa shape index (κ2) is 4.67. The summed E-state index contributed by atoms with van der Waals surface area (Å²) in [5, 5.41) is 12.6. The monoisotopic (exact) mass is 250 g/mol. The zero-order valence-electron chi connectivity index (χ0n) is 9.18. The zero-order valence-corrected chi connectivity index (χ0v) is 10.00. The third-order valence-corrected chi connectivity index (χ3v) is 3.38. The Bertz CT molecular complexity index is 534. The van der Waals surface area contributed by atoms with E-state index in [1.165, 1.54) is 17.4 Å². The van der Waals surface area contributed by atoms with Gasteiger partial charge in [0.1, 0.15) is 5.82 Å². The van der Waals surface area contributed by atoms with Crippen molar-refractivity contribution < 1.29 is 14.3 Å². The SMILES string of the molecule is C[C@H](C(=O)O)c1ccc(-c2ccsc2)c(F)c1. The first kappa shape index (κ1) is 11.8. The van der Waals surface area contributed by atoms with Crippen LogP contribution in [-0.2, 0) is 4.79 Å². The molecule has 4 heteroatoms. The molecule has 0 saturated carbocycles. The van der Waals surface area contributed by atoms with Crippen molar-refractivity contribution in [3.63, 3.8) is 0 Å². The molecule has 1 aromatic heterocycles. The Balaban J connectivity index is 2.39. The molecule has 0 bridgehead atoms. The number of hydrogen-bond donors (Lipinski definition) is 1. The van der Waals surface area contributed by atoms with Gasteiger partial charge in [-0.05, 0) is 40.9 Å². The molecule has 0 radical (unpaired) electrons. The van der Waals surface area contributed by atoms with Gasteiger partial charge in [0.25, 0.3) is 0 Å². The van der Waals surface area contributed by atoms with Gasteiger partial charge in [0.05, 0.1) is 5.92 Å². The van der Waals surface area contributed by atoms with Gasteiger partial charge in [-0.2, -0.15) is 11.3 Å². The Morgan fingerprint density at radius 1 is 1.41 bits per heavy atom. The van der Waals surface area contributed by atoms with Crippen molar-refractivity contribution in [1.82, 2.24) is 0 Å². The summed E-state index contributed by atoms with van der Waals surface area (Å²) in [6.45, 7) is 1.54. The summed E-state index contributed by atoms with van der Waals surface area (Å²) in [6, 6.07) is 6.43. The van der Waals surface area contributed by atoms with Crippen LogP contribution >= 0.6 is 11.3 Å². The Kier molecular flexibility index (Phi) is 3.24. The van der Waals surface area contributed by atoms with Gasteiger partial charge in [0.2, 0.25) is 0 Å². The number of rotatable bonds is 3. The van der Waals surface area contributed by atoms with E-state index < -0.39 is 11.9 Å². The van der Waals surface area contributed by atoms with Crippen LogP contribution in [0.4, 0.5) is 4.39 Å². The largest absolute Gasteiger partial charge is 0.481 e. The number of thiophene rings is 1. The van der Waals surface area contributed by atoms with E-state index in [4.69, 9.17) is 5.11 Å². The maximum absolute atomic E-state index is 13.8. The molecule has 2 rings (SSSR count). The van der Waals surface area contributed by atoms with Crippen LogP contribution in [0.5, 0.6) is 0 Å². The maximum atomic E-state index is 13.8. The lowest BCUT2D eigenvalue weighted by Crippen LogP contribution is -2.07. The van der Waals surface area contributed by atoms with E-state index in [1.807, 2.05) is 16.8 Å². The molecule has 0 unspecified atom stereocenters. The van der Waals surface area contributed by atoms with E-state index in [2.05, 4.69) is 0 Å². The van der Waals surface area contributed by atoms with Crippen LogP contribution in [-0.4, -0.2) is 11.1 Å². The zero-order chi connectivity index (χ0) is 12.4. The number of hydrogen-bond acceptors (Lipinski definition) is 2. The van der Waals surface area contributed by atoms with Gasteiger partial charge in [-0.25, -0.2) is 4.39 Å². The smallest absolute Gasteiger partial charge is 0.310 e. The first-order valence-corrected chi connectivity index (χ1v) is 6.08. The third kappa shape index (κ3) is 2.36. The molecule has 0 amide bonds. The maximum Gasteiger partial charge on any atom is 0.310 e. The molecule has 0 aliphatic carbocycles. The fourth-order valence-corrected chi connectivity index (χ4v) is 2.25. The minimum Gasteiger partial charge on any atom is -0.481 e. The van der Waals surface area contributed by atoms with E-state index >= 15 is 0 Å². The van der Waals surface area contributed by atoms with Crippen LogP contribution in [0.15, 0.2) is 35.0 Å². The molecule has 0 spiro atoms. The highest BCUT2D eigenvalue weighted by atomic mass is 32.1. The molecule has 2 nitrogen and oxygen atoms in total. The van der Waals surface area contributed by atoms with E-state index in [-0.39, 0.29) is 5.82 Å². The highest BCUT2D eigenvalue weighted by molar-refractivity contribution is 7.08. The number of carboxylic acids is 1. The number of carbonyl (C=O) groups is 1. The van der Waals surface area contributed by atoms with Crippen molar-refractivity contribution >= 4 is 17.3 Å². The van der Waals surface area contributed by atoms with Gasteiger partial charge in [0, 0.05) is 5.56 Å². The minimum absolute atomic E-state index is 0.381. The molecular weight excluding hydrogens is 239 g/mol. The second-order valence-corrected chi connectivity index (χ2v) is 4.59. The molecule has 2 aromatic rings. The summed E-state index contributed by atoms with van der Waals surface area (Å²) >= 11 is 1.50. The summed E-state index contributed by atoms with van der Waals surface area (Å²) in [6.07, 6.45) is 0. The van der Waals surface area contributed by atoms with Crippen molar-refractivity contribution in [3.8, 4) is 11.1 Å². The van der Waals surface area contributed by atoms with Crippen LogP contribution < -0.4 is 0 Å². The summed E-state index contributed by atoms with van der Waals surface area (Å²) in [5.41, 5.74) is 1.81. The van der Waals surface area contributed by atoms with Gasteiger partial charge in [-0.1, -0.05) is 12.1 Å². The van der Waals surface area contributed by atoms with Crippen LogP contribution in [0.25, 0.3) is 11.1 Å². The summed E-state index contributed by atoms with van der Waals surface area (Å²) in [5.74, 6) is -2.03. The number of halogens is 1. The molecule has 0 fully saturated rings. The minimum atomic E-state index is -0.951. The van der Waals surface area contributed by atoms with Gasteiger partial charge >= 0.3 is 5.97 Å². The highest BCUT2D eigenvalue weighted by Crippen LogP contribution is 2.27. The topological polar surface area (TPSA) is 37.3 Å². The average Bonchev–Trinajstić information content (AvgIpc) is 2.81. The van der Waals surface area contributed by atoms with E-state index in [1.54, 1.807) is 19.1 Å². The normalized spacial score (nSPS) is 12.4. The third-order valence-electron chi connectivity index (χ3n) is 2.70. The first-order chi connectivity index (χ1) is 8.09. The lowest BCUT2D eigenvalue weighted by molar-refractivity contribution is -0.138. The fraction of sp³-hybridized carbons (Fsp3) is 0.154. The molecule has 1 heterocycles. The molecule has 0 aliphatic rings. The predicted octanol–water partition coefficient (Wildman–Crippen LogP) is 3.74. The van der Waals surface area contributed by atoms with Crippen LogP contribution in [0, 0.1) is 5.82 Å². The fourth-order valence-electron chi connectivity index (χ4n) is 1.60. The molecule has 17 heavy (non-hydrogen) atoms. The molecule has 0 saturated heterocycles. The van der Waals surface area contributed by atoms with Crippen molar-refractivity contribution in [1.29, 1.82) is 0 Å². The molecular formula is C13H11FO2S. The van der Waals surface area contributed by atoms with Crippen LogP contribution in [0.3, 0.4) is 0 Å². The standard InChI is InChI=1S/C13H11FO2S/c1-8(13(15)16)9-2-3-11(12(14)6-9)10-4-5-17-7-10/h2-8H,1H3,(H,15,16)/t8-/m0/s1. The van der Waals surface area contributed by atoms with E-state index in [0.29, 0.717) is 11.1 Å². The predicted molar refractivity (Wildman–Crippen MR) is 65.8 cm³/mol. The Labute approximate surface area is 102 Å². The Hall–Kier alpha value is -1.68. The van der Waals surface area contributed by atoms with Crippen molar-refractivity contribution in [2.75, 3.05) is 0 Å². The van der Waals surface area contributed by atoms with Crippen LogP contribution in [0.2, 0.25) is 0 Å². The van der Waals surface area contributed by atoms with Crippen molar-refractivity contribution in [2.45, 2.75) is 12.8 Å². The van der Waals surface area contributed by atoms with E-state index in [9.17, 15) is 9.18 Å². The van der Waals surface area contributed by atoms with E-state index in [0.717, 1.165) is 5.56 Å². The van der Waals surface area contributed by atoms with Crippen LogP contribution in [0.1, 0.15) is 18.4 Å². The number of aliphatic carboxylic acids is 1. The summed E-state index contributed by atoms with van der Waals surface area (Å²) in [7, 11) is 0. The molecule has 88 valence electrons. The number of carboxylic acid groups (broad SMARTS) is 1. The van der Waals surface area contributed by atoms with Gasteiger partial charge in [-0.3, -0.25) is 4.79 Å². The molecule has 1 aromatic carbocycles.